The third kappa shape index (κ3) is 5.65. The maximum atomic E-state index is 14.9. The van der Waals surface area contributed by atoms with Crippen molar-refractivity contribution in [2.24, 2.45) is 0 Å². The number of anilines is 2. The molecule has 3 fully saturated rings. The van der Waals surface area contributed by atoms with E-state index in [1.807, 2.05) is 25.1 Å². The van der Waals surface area contributed by atoms with Gasteiger partial charge in [-0.3, -0.25) is 9.69 Å². The van der Waals surface area contributed by atoms with Crippen LogP contribution >= 0.6 is 11.3 Å². The first-order valence-electron chi connectivity index (χ1n) is 16.6. The number of carbonyl (C=O) groups excluding carboxylic acids is 1. The number of amides is 1. The molecule has 3 aliphatic heterocycles. The number of hydrogen-bond acceptors (Lipinski definition) is 10. The normalized spacial score (nSPS) is 23.7. The van der Waals surface area contributed by atoms with Crippen molar-refractivity contribution >= 4 is 49.1 Å². The minimum Gasteiger partial charge on any atom is -0.461 e. The van der Waals surface area contributed by atoms with Crippen LogP contribution in [0.4, 0.5) is 19.6 Å². The zero-order chi connectivity index (χ0) is 34.4. The number of fused-ring (bicyclic) bond motifs is 3. The molecule has 2 aromatic heterocycles. The molecule has 0 aliphatic carbocycles. The number of methoxy groups -OCH3 is 1. The fourth-order valence-corrected chi connectivity index (χ4v) is 9.19. The Kier molecular flexibility index (Phi) is 8.89. The molecule has 2 N–H and O–H groups in total. The number of rotatable bonds is 10. The number of likely N-dealkylation sites (tertiary alicyclic amines) is 1. The van der Waals surface area contributed by atoms with E-state index in [2.05, 4.69) is 22.4 Å². The number of nitrogens with zero attached hydrogens (tertiary/aromatic N) is 6. The molecule has 3 saturated heterocycles. The number of ether oxygens (including phenoxy) is 2. The van der Waals surface area contributed by atoms with E-state index in [-0.39, 0.29) is 41.2 Å². The zero-order valence-electron chi connectivity index (χ0n) is 27.6. The highest BCUT2D eigenvalue weighted by Gasteiger charge is 2.49. The molecular formula is C36H39F2N7O3S. The minimum atomic E-state index is -0.895. The van der Waals surface area contributed by atoms with E-state index in [1.54, 1.807) is 18.1 Å². The number of hydrogen-bond donors (Lipinski definition) is 1. The van der Waals surface area contributed by atoms with E-state index in [4.69, 9.17) is 25.2 Å². The predicted molar refractivity (Wildman–Crippen MR) is 187 cm³/mol. The fourth-order valence-electron chi connectivity index (χ4n) is 8.24. The molecule has 5 heterocycles. The number of aromatic nitrogens is 2. The van der Waals surface area contributed by atoms with E-state index in [1.165, 1.54) is 12.1 Å². The van der Waals surface area contributed by atoms with Crippen molar-refractivity contribution in [2.75, 3.05) is 57.1 Å². The third-order valence-electron chi connectivity index (χ3n) is 10.4. The van der Waals surface area contributed by atoms with Gasteiger partial charge in [-0.2, -0.15) is 15.2 Å². The van der Waals surface area contributed by atoms with Crippen molar-refractivity contribution in [3.8, 4) is 23.2 Å². The summed E-state index contributed by atoms with van der Waals surface area (Å²) in [5.41, 5.74) is 7.96. The lowest BCUT2D eigenvalue weighted by Gasteiger charge is -2.36. The number of benzene rings is 2. The first-order valence-corrected chi connectivity index (χ1v) is 17.5. The van der Waals surface area contributed by atoms with Crippen LogP contribution in [-0.4, -0.2) is 96.0 Å². The van der Waals surface area contributed by atoms with E-state index in [0.29, 0.717) is 66.1 Å². The second-order valence-electron chi connectivity index (χ2n) is 13.1. The third-order valence-corrected chi connectivity index (χ3v) is 11.5. The van der Waals surface area contributed by atoms with Crippen LogP contribution in [0.5, 0.6) is 6.01 Å². The summed E-state index contributed by atoms with van der Waals surface area (Å²) >= 11 is 1.05. The molecule has 4 aromatic rings. The second-order valence-corrected chi connectivity index (χ2v) is 14.1. The maximum Gasteiger partial charge on any atom is 0.319 e. The summed E-state index contributed by atoms with van der Waals surface area (Å²) in [4.78, 5) is 28.9. The molecule has 49 heavy (non-hydrogen) atoms. The monoisotopic (exact) mass is 687 g/mol. The zero-order valence-corrected chi connectivity index (χ0v) is 28.4. The SMILES string of the molecule is C=CC(=O)N1CCC(N(CC)c2nc(OCC34CCCN3CC(F)C4)nc3cc(-c4ccc(F)c5sc(N)c(C#N)c45)ccc23)C1COC. The summed E-state index contributed by atoms with van der Waals surface area (Å²) in [7, 11) is 1.62. The van der Waals surface area contributed by atoms with E-state index >= 15 is 0 Å². The molecule has 256 valence electrons. The topological polar surface area (TPSA) is 121 Å². The van der Waals surface area contributed by atoms with Gasteiger partial charge in [-0.1, -0.05) is 18.7 Å². The molecule has 4 unspecified atom stereocenters. The van der Waals surface area contributed by atoms with Gasteiger partial charge in [0.2, 0.25) is 5.91 Å². The summed E-state index contributed by atoms with van der Waals surface area (Å²) in [5.74, 6) is 0.0530. The Labute approximate surface area is 287 Å². The number of alkyl halides is 1. The van der Waals surface area contributed by atoms with Crippen molar-refractivity contribution in [1.29, 1.82) is 5.26 Å². The van der Waals surface area contributed by atoms with Crippen LogP contribution in [0.15, 0.2) is 43.0 Å². The average molecular weight is 688 g/mol. The van der Waals surface area contributed by atoms with Crippen LogP contribution in [-0.2, 0) is 9.53 Å². The number of halogens is 2. The smallest absolute Gasteiger partial charge is 0.319 e. The van der Waals surface area contributed by atoms with Crippen LogP contribution in [0.3, 0.4) is 0 Å². The molecule has 0 bridgehead atoms. The summed E-state index contributed by atoms with van der Waals surface area (Å²) in [6, 6.07) is 10.7. The van der Waals surface area contributed by atoms with Crippen molar-refractivity contribution in [3.05, 3.63) is 54.4 Å². The Morgan fingerprint density at radius 3 is 2.90 bits per heavy atom. The predicted octanol–water partition coefficient (Wildman–Crippen LogP) is 5.69. The Balaban J connectivity index is 1.35. The van der Waals surface area contributed by atoms with Crippen LogP contribution in [0, 0.1) is 17.1 Å². The van der Waals surface area contributed by atoms with Crippen molar-refractivity contribution < 1.29 is 23.0 Å². The van der Waals surface area contributed by atoms with Gasteiger partial charge in [-0.25, -0.2) is 8.78 Å². The van der Waals surface area contributed by atoms with Gasteiger partial charge in [0, 0.05) is 43.9 Å². The summed E-state index contributed by atoms with van der Waals surface area (Å²) < 4.78 is 41.8. The van der Waals surface area contributed by atoms with Gasteiger partial charge in [0.1, 0.15) is 35.5 Å². The minimum absolute atomic E-state index is 0.116. The van der Waals surface area contributed by atoms with Gasteiger partial charge in [0.25, 0.3) is 0 Å². The highest BCUT2D eigenvalue weighted by atomic mass is 32.1. The van der Waals surface area contributed by atoms with Gasteiger partial charge < -0.3 is 25.0 Å². The number of likely N-dealkylation sites (N-methyl/N-ethyl adjacent to an activating group) is 1. The Hall–Kier alpha value is -4.38. The maximum absolute atomic E-state index is 14.9. The van der Waals surface area contributed by atoms with Gasteiger partial charge >= 0.3 is 6.01 Å². The average Bonchev–Trinajstić information content (AvgIpc) is 3.85. The molecule has 3 aliphatic rings. The first-order chi connectivity index (χ1) is 23.7. The highest BCUT2D eigenvalue weighted by molar-refractivity contribution is 7.23. The molecular weight excluding hydrogens is 649 g/mol. The fraction of sp³-hybridized carbons (Fsp3) is 0.444. The van der Waals surface area contributed by atoms with Crippen LogP contribution in [0.2, 0.25) is 0 Å². The van der Waals surface area contributed by atoms with Gasteiger partial charge in [-0.05, 0) is 68.1 Å². The Bertz CT molecular complexity index is 1980. The van der Waals surface area contributed by atoms with Crippen molar-refractivity contribution in [1.82, 2.24) is 19.8 Å². The Morgan fingerprint density at radius 2 is 2.14 bits per heavy atom. The molecule has 0 radical (unpaired) electrons. The summed E-state index contributed by atoms with van der Waals surface area (Å²) in [6.07, 6.45) is 3.38. The molecule has 7 rings (SSSR count). The molecule has 0 saturated carbocycles. The number of nitrogen functional groups attached to an aromatic ring is 1. The number of nitrogens with two attached hydrogens (primary N) is 1. The second kappa shape index (κ2) is 13.2. The summed E-state index contributed by atoms with van der Waals surface area (Å²) in [5, 5.41) is 11.4. The van der Waals surface area contributed by atoms with Crippen LogP contribution < -0.4 is 15.4 Å². The molecule has 2 aromatic carbocycles. The number of nitriles is 1. The lowest BCUT2D eigenvalue weighted by molar-refractivity contribution is -0.127. The van der Waals surface area contributed by atoms with Crippen LogP contribution in [0.1, 0.15) is 38.2 Å². The van der Waals surface area contributed by atoms with Gasteiger partial charge in [0.05, 0.1) is 40.0 Å². The van der Waals surface area contributed by atoms with E-state index < -0.39 is 17.5 Å². The highest BCUT2D eigenvalue weighted by Crippen LogP contribution is 2.43. The van der Waals surface area contributed by atoms with Gasteiger partial charge in [-0.15, -0.1) is 11.3 Å². The molecule has 4 atom stereocenters. The van der Waals surface area contributed by atoms with Crippen molar-refractivity contribution in [2.45, 2.75) is 56.4 Å². The quantitative estimate of drug-likeness (QED) is 0.210. The molecule has 1 amide bonds. The lowest BCUT2D eigenvalue weighted by Crippen LogP contribution is -2.49. The van der Waals surface area contributed by atoms with E-state index in [0.717, 1.165) is 41.7 Å². The molecule has 10 nitrogen and oxygen atoms in total. The van der Waals surface area contributed by atoms with Crippen LogP contribution in [0.25, 0.3) is 32.1 Å². The number of thiophene rings is 1. The standard InChI is InChI=1S/C36H39F2N7O3S/c1-4-30(46)45-14-11-28(29(45)19-47-3)44(5-2)34-24-8-7-21(23-9-10-26(38)32-31(23)25(17-39)33(40)49-32)15-27(24)41-35(42-34)48-20-36-12-6-13-43(36)18-22(37)16-36/h4,7-10,15,22,28-29H,1,5-6,11-14,16,18-20,40H2,2-3H3. The largest absolute Gasteiger partial charge is 0.461 e. The van der Waals surface area contributed by atoms with E-state index in [9.17, 15) is 18.8 Å². The molecule has 13 heteroatoms. The van der Waals surface area contributed by atoms with Gasteiger partial charge in [0.15, 0.2) is 0 Å². The van der Waals surface area contributed by atoms with Crippen molar-refractivity contribution in [3.63, 3.8) is 0 Å². The summed E-state index contributed by atoms with van der Waals surface area (Å²) in [6.45, 7) is 8.71. The molecule has 0 spiro atoms. The number of carbonyl (C=O) groups is 1. The lowest BCUT2D eigenvalue weighted by atomic mass is 9.95. The first kappa shape index (κ1) is 33.1. The Morgan fingerprint density at radius 1 is 1.31 bits per heavy atom.